The van der Waals surface area contributed by atoms with E-state index in [1.54, 1.807) is 60.4 Å². The molecule has 0 fully saturated rings. The van der Waals surface area contributed by atoms with Gasteiger partial charge in [-0.2, -0.15) is 10.2 Å². The number of carbonyl (C=O) groups excluding carboxylic acids is 2. The number of methoxy groups -OCH3 is 1. The Morgan fingerprint density at radius 3 is 2.46 bits per heavy atom. The van der Waals surface area contributed by atoms with Crippen LogP contribution < -0.4 is 15.2 Å². The molecule has 0 saturated carbocycles. The van der Waals surface area contributed by atoms with Crippen LogP contribution in [0.3, 0.4) is 0 Å². The summed E-state index contributed by atoms with van der Waals surface area (Å²) in [6.45, 7) is 5.98. The predicted octanol–water partition coefficient (Wildman–Crippen LogP) is 5.01. The molecule has 0 bridgehead atoms. The maximum atomic E-state index is 13.7. The molecule has 0 unspecified atom stereocenters. The van der Waals surface area contributed by atoms with Gasteiger partial charge in [-0.1, -0.05) is 23.2 Å². The Balaban J connectivity index is 1.73. The maximum Gasteiger partial charge on any atom is 0.274 e. The SMILES string of the molecule is COc1cc2c(cc1-c1cnn(CC(=O)CN)c1)-c1c(c(C(=O)N(C)C(C)(C)C)nn1-c1cc(Cl)cc(Cl)c1)CO2. The van der Waals surface area contributed by atoms with Gasteiger partial charge in [-0.25, -0.2) is 4.68 Å². The molecule has 2 aromatic heterocycles. The van der Waals surface area contributed by atoms with Crippen molar-refractivity contribution in [1.82, 2.24) is 24.5 Å². The van der Waals surface area contributed by atoms with Crippen LogP contribution in [0.5, 0.6) is 11.5 Å². The first-order chi connectivity index (χ1) is 19.4. The summed E-state index contributed by atoms with van der Waals surface area (Å²) in [5.41, 5.74) is 9.33. The number of halogens is 2. The van der Waals surface area contributed by atoms with Gasteiger partial charge in [0.15, 0.2) is 11.5 Å². The average molecular weight is 598 g/mol. The van der Waals surface area contributed by atoms with Gasteiger partial charge < -0.3 is 20.1 Å². The lowest BCUT2D eigenvalue weighted by Gasteiger charge is -2.31. The van der Waals surface area contributed by atoms with Crippen LogP contribution in [-0.2, 0) is 17.9 Å². The molecule has 0 spiro atoms. The Morgan fingerprint density at radius 1 is 1.12 bits per heavy atom. The van der Waals surface area contributed by atoms with Gasteiger partial charge in [-0.05, 0) is 45.0 Å². The molecule has 5 rings (SSSR count). The lowest BCUT2D eigenvalue weighted by atomic mass is 9.96. The Hall–Kier alpha value is -3.86. The Labute approximate surface area is 247 Å². The van der Waals surface area contributed by atoms with Gasteiger partial charge in [-0.3, -0.25) is 14.3 Å². The zero-order valence-electron chi connectivity index (χ0n) is 23.4. The highest BCUT2D eigenvalue weighted by molar-refractivity contribution is 6.34. The van der Waals surface area contributed by atoms with Crippen LogP contribution in [-0.4, -0.2) is 62.4 Å². The number of Topliss-reactive ketones (excluding diaryl/α,β-unsaturated/α-hetero) is 1. The van der Waals surface area contributed by atoms with Crippen molar-refractivity contribution < 1.29 is 19.1 Å². The fraction of sp³-hybridized carbons (Fsp3) is 0.310. The van der Waals surface area contributed by atoms with Crippen molar-refractivity contribution >= 4 is 34.9 Å². The highest BCUT2D eigenvalue weighted by atomic mass is 35.5. The van der Waals surface area contributed by atoms with Gasteiger partial charge in [0.05, 0.1) is 31.2 Å². The number of amides is 1. The fourth-order valence-corrected chi connectivity index (χ4v) is 5.11. The first-order valence-corrected chi connectivity index (χ1v) is 13.6. The quantitative estimate of drug-likeness (QED) is 0.318. The monoisotopic (exact) mass is 596 g/mol. The summed E-state index contributed by atoms with van der Waals surface area (Å²) in [6.07, 6.45) is 3.41. The molecular weight excluding hydrogens is 567 g/mol. The van der Waals surface area contributed by atoms with E-state index in [0.29, 0.717) is 49.6 Å². The molecule has 1 aliphatic rings. The standard InChI is InChI=1S/C29H30Cl2N6O4/c1-29(2,3)35(4)28(39)26-23-15-41-25-10-24(40-5)21(16-12-33-36(13-16)14-20(38)11-32)9-22(25)27(23)37(34-26)19-7-17(30)6-18(31)8-19/h6-10,12-13H,11,14-15,32H2,1-5H3. The van der Waals surface area contributed by atoms with Crippen LogP contribution in [0.1, 0.15) is 36.8 Å². The van der Waals surface area contributed by atoms with Crippen molar-refractivity contribution in [3.8, 4) is 39.6 Å². The van der Waals surface area contributed by atoms with Crippen LogP contribution in [0, 0.1) is 0 Å². The number of ketones is 1. The first kappa shape index (κ1) is 28.7. The minimum atomic E-state index is -0.438. The molecule has 214 valence electrons. The van der Waals surface area contributed by atoms with E-state index in [2.05, 4.69) is 5.10 Å². The topological polar surface area (TPSA) is 118 Å². The van der Waals surface area contributed by atoms with Crippen molar-refractivity contribution in [3.63, 3.8) is 0 Å². The molecule has 4 aromatic rings. The van der Waals surface area contributed by atoms with Crippen LogP contribution in [0.4, 0.5) is 0 Å². The van der Waals surface area contributed by atoms with E-state index in [4.69, 9.17) is 43.5 Å². The third-order valence-electron chi connectivity index (χ3n) is 7.03. The second-order valence-corrected chi connectivity index (χ2v) is 11.6. The van der Waals surface area contributed by atoms with Crippen molar-refractivity contribution in [1.29, 1.82) is 0 Å². The number of nitrogens with zero attached hydrogens (tertiary/aromatic N) is 5. The maximum absolute atomic E-state index is 13.7. The first-order valence-electron chi connectivity index (χ1n) is 12.9. The summed E-state index contributed by atoms with van der Waals surface area (Å²) >= 11 is 12.7. The molecule has 0 aliphatic carbocycles. The summed E-state index contributed by atoms with van der Waals surface area (Å²) in [5.74, 6) is 0.725. The second-order valence-electron chi connectivity index (χ2n) is 10.8. The van der Waals surface area contributed by atoms with Crippen LogP contribution in [0.15, 0.2) is 42.7 Å². The average Bonchev–Trinajstić information content (AvgIpc) is 3.55. The van der Waals surface area contributed by atoms with E-state index < -0.39 is 5.54 Å². The normalized spacial score (nSPS) is 12.4. The summed E-state index contributed by atoms with van der Waals surface area (Å²) in [7, 11) is 3.32. The summed E-state index contributed by atoms with van der Waals surface area (Å²) in [6, 6.07) is 8.81. The lowest BCUT2D eigenvalue weighted by molar-refractivity contribution is -0.118. The van der Waals surface area contributed by atoms with Crippen LogP contribution in [0.2, 0.25) is 10.0 Å². The second kappa shape index (κ2) is 10.8. The molecule has 1 amide bonds. The molecule has 2 N–H and O–H groups in total. The molecule has 12 heteroatoms. The van der Waals surface area contributed by atoms with Crippen LogP contribution >= 0.6 is 23.2 Å². The minimum Gasteiger partial charge on any atom is -0.496 e. The number of benzene rings is 2. The number of aromatic nitrogens is 4. The summed E-state index contributed by atoms with van der Waals surface area (Å²) in [4.78, 5) is 27.3. The largest absolute Gasteiger partial charge is 0.496 e. The van der Waals surface area contributed by atoms with E-state index in [9.17, 15) is 9.59 Å². The molecule has 1 aliphatic heterocycles. The summed E-state index contributed by atoms with van der Waals surface area (Å²) in [5, 5.41) is 9.98. The van der Waals surface area contributed by atoms with Gasteiger partial charge in [0, 0.05) is 57.1 Å². The van der Waals surface area contributed by atoms with Gasteiger partial charge in [0.2, 0.25) is 0 Å². The molecule has 0 atom stereocenters. The highest BCUT2D eigenvalue weighted by Gasteiger charge is 2.34. The smallest absolute Gasteiger partial charge is 0.274 e. The number of rotatable bonds is 7. The van der Waals surface area contributed by atoms with Gasteiger partial charge >= 0.3 is 0 Å². The zero-order valence-corrected chi connectivity index (χ0v) is 24.9. The molecule has 3 heterocycles. The van der Waals surface area contributed by atoms with Crippen molar-refractivity contribution in [2.45, 2.75) is 39.5 Å². The number of ether oxygens (including phenoxy) is 2. The van der Waals surface area contributed by atoms with E-state index in [1.807, 2.05) is 26.8 Å². The number of nitrogens with two attached hydrogens (primary N) is 1. The van der Waals surface area contributed by atoms with E-state index >= 15 is 0 Å². The van der Waals surface area contributed by atoms with E-state index in [-0.39, 0.29) is 37.1 Å². The van der Waals surface area contributed by atoms with E-state index in [1.165, 1.54) is 4.68 Å². The van der Waals surface area contributed by atoms with Gasteiger partial charge in [0.25, 0.3) is 5.91 Å². The van der Waals surface area contributed by atoms with Gasteiger partial charge in [0.1, 0.15) is 24.7 Å². The highest BCUT2D eigenvalue weighted by Crippen LogP contribution is 2.46. The molecule has 0 saturated heterocycles. The number of carbonyl (C=O) groups is 2. The third kappa shape index (κ3) is 5.42. The van der Waals surface area contributed by atoms with E-state index in [0.717, 1.165) is 5.56 Å². The molecular formula is C29H30Cl2N6O4. The molecule has 0 radical (unpaired) electrons. The van der Waals surface area contributed by atoms with Crippen molar-refractivity contribution in [2.75, 3.05) is 20.7 Å². The Morgan fingerprint density at radius 2 is 1.83 bits per heavy atom. The zero-order chi connectivity index (χ0) is 29.6. The van der Waals surface area contributed by atoms with Gasteiger partial charge in [-0.15, -0.1) is 0 Å². The van der Waals surface area contributed by atoms with Crippen molar-refractivity contribution in [2.24, 2.45) is 5.73 Å². The lowest BCUT2D eigenvalue weighted by Crippen LogP contribution is -2.43. The summed E-state index contributed by atoms with van der Waals surface area (Å²) < 4.78 is 15.1. The predicted molar refractivity (Wildman–Crippen MR) is 157 cm³/mol. The molecule has 10 nitrogen and oxygen atoms in total. The third-order valence-corrected chi connectivity index (χ3v) is 7.46. The fourth-order valence-electron chi connectivity index (χ4n) is 4.59. The Bertz CT molecular complexity index is 1650. The molecule has 2 aromatic carbocycles. The number of hydrogen-bond acceptors (Lipinski definition) is 7. The molecule has 41 heavy (non-hydrogen) atoms. The number of hydrogen-bond donors (Lipinski definition) is 1. The van der Waals surface area contributed by atoms with Crippen LogP contribution in [0.25, 0.3) is 28.1 Å². The van der Waals surface area contributed by atoms with Crippen molar-refractivity contribution in [3.05, 3.63) is 64.0 Å². The Kier molecular flexibility index (Phi) is 7.58. The number of fused-ring (bicyclic) bond motifs is 3. The minimum absolute atomic E-state index is 0.0616.